The van der Waals surface area contributed by atoms with E-state index in [1.807, 2.05) is 36.4 Å². The van der Waals surface area contributed by atoms with Gasteiger partial charge in [-0.2, -0.15) is 0 Å². The molecule has 1 N–H and O–H groups in total. The van der Waals surface area contributed by atoms with E-state index in [9.17, 15) is 19.2 Å². The molecule has 2 aliphatic rings. The van der Waals surface area contributed by atoms with Crippen molar-refractivity contribution < 1.29 is 28.7 Å². The van der Waals surface area contributed by atoms with Gasteiger partial charge >= 0.3 is 0 Å². The van der Waals surface area contributed by atoms with Crippen LogP contribution in [0.2, 0.25) is 0 Å². The first-order chi connectivity index (χ1) is 18.5. The van der Waals surface area contributed by atoms with Crippen molar-refractivity contribution in [1.29, 1.82) is 0 Å². The molecule has 2 saturated heterocycles. The summed E-state index contributed by atoms with van der Waals surface area (Å²) in [6.07, 6.45) is 1.59. The standard InChI is InChI=1S/C28H25N3O6S/c32-25(29-23-7-3-5-20-4-1-2-6-22(20)23)17-31-27(34)24(38-28(31)35)16-19-8-10-21(11-9-19)37-18-26(33)30-12-14-36-15-13-30/h1-11,16H,12-15,17-18H2,(H,29,32)/b24-16+. The zero-order chi connectivity index (χ0) is 26.5. The van der Waals surface area contributed by atoms with Gasteiger partial charge in [-0.15, -0.1) is 0 Å². The molecule has 2 heterocycles. The number of thioether (sulfide) groups is 1. The minimum absolute atomic E-state index is 0.0704. The maximum Gasteiger partial charge on any atom is 0.294 e. The Bertz CT molecular complexity index is 1410. The van der Waals surface area contributed by atoms with Crippen molar-refractivity contribution >= 4 is 57.3 Å². The highest BCUT2D eigenvalue weighted by Crippen LogP contribution is 2.32. The predicted molar refractivity (Wildman–Crippen MR) is 145 cm³/mol. The molecule has 0 aromatic heterocycles. The number of hydrogen-bond donors (Lipinski definition) is 1. The summed E-state index contributed by atoms with van der Waals surface area (Å²) in [7, 11) is 0. The van der Waals surface area contributed by atoms with E-state index in [1.165, 1.54) is 0 Å². The Balaban J connectivity index is 1.18. The highest BCUT2D eigenvalue weighted by atomic mass is 32.2. The minimum atomic E-state index is -0.524. The lowest BCUT2D eigenvalue weighted by molar-refractivity contribution is -0.137. The topological polar surface area (TPSA) is 105 Å². The third kappa shape index (κ3) is 5.87. The molecular weight excluding hydrogens is 506 g/mol. The van der Waals surface area contributed by atoms with E-state index in [4.69, 9.17) is 9.47 Å². The van der Waals surface area contributed by atoms with Crippen molar-refractivity contribution in [2.75, 3.05) is 44.8 Å². The first-order valence-corrected chi connectivity index (χ1v) is 12.9. The number of ether oxygens (including phenoxy) is 2. The Hall–Kier alpha value is -4.15. The van der Waals surface area contributed by atoms with E-state index in [2.05, 4.69) is 5.32 Å². The van der Waals surface area contributed by atoms with Gasteiger partial charge in [-0.05, 0) is 47.0 Å². The summed E-state index contributed by atoms with van der Waals surface area (Å²) < 4.78 is 10.8. The predicted octanol–water partition coefficient (Wildman–Crippen LogP) is 3.75. The van der Waals surface area contributed by atoms with Crippen molar-refractivity contribution in [3.8, 4) is 5.75 Å². The number of morpholine rings is 1. The van der Waals surface area contributed by atoms with Crippen LogP contribution in [-0.2, 0) is 19.1 Å². The van der Waals surface area contributed by atoms with E-state index in [0.717, 1.165) is 27.4 Å². The summed E-state index contributed by atoms with van der Waals surface area (Å²) in [6, 6.07) is 20.0. The summed E-state index contributed by atoms with van der Waals surface area (Å²) in [4.78, 5) is 53.2. The van der Waals surface area contributed by atoms with Crippen molar-refractivity contribution in [2.24, 2.45) is 0 Å². The van der Waals surface area contributed by atoms with Gasteiger partial charge in [-0.3, -0.25) is 24.1 Å². The van der Waals surface area contributed by atoms with Crippen LogP contribution in [0.15, 0.2) is 71.6 Å². The van der Waals surface area contributed by atoms with Crippen LogP contribution in [0.1, 0.15) is 5.56 Å². The molecule has 10 heteroatoms. The van der Waals surface area contributed by atoms with Crippen molar-refractivity contribution in [2.45, 2.75) is 0 Å². The quantitative estimate of drug-likeness (QED) is 0.463. The van der Waals surface area contributed by atoms with E-state index >= 15 is 0 Å². The Kier molecular flexibility index (Phi) is 7.71. The van der Waals surface area contributed by atoms with Gasteiger partial charge < -0.3 is 19.7 Å². The Morgan fingerprint density at radius 3 is 2.50 bits per heavy atom. The number of benzene rings is 3. The monoisotopic (exact) mass is 531 g/mol. The molecule has 194 valence electrons. The average molecular weight is 532 g/mol. The van der Waals surface area contributed by atoms with Gasteiger partial charge in [0.25, 0.3) is 17.1 Å². The minimum Gasteiger partial charge on any atom is -0.484 e. The smallest absolute Gasteiger partial charge is 0.294 e. The maximum atomic E-state index is 12.9. The second kappa shape index (κ2) is 11.5. The van der Waals surface area contributed by atoms with Crippen molar-refractivity contribution in [3.05, 3.63) is 77.2 Å². The lowest BCUT2D eigenvalue weighted by Gasteiger charge is -2.26. The molecule has 0 aliphatic carbocycles. The summed E-state index contributed by atoms with van der Waals surface area (Å²) >= 11 is 0.789. The molecule has 4 amide bonds. The number of carbonyl (C=O) groups excluding carboxylic acids is 4. The fourth-order valence-corrected chi connectivity index (χ4v) is 5.00. The molecule has 0 spiro atoms. The van der Waals surface area contributed by atoms with E-state index in [-0.39, 0.29) is 24.0 Å². The van der Waals surface area contributed by atoms with Crippen LogP contribution in [0.25, 0.3) is 16.8 Å². The molecule has 3 aromatic rings. The highest BCUT2D eigenvalue weighted by molar-refractivity contribution is 8.18. The fraction of sp³-hybridized carbons (Fsp3) is 0.214. The molecule has 0 atom stereocenters. The number of hydrogen-bond acceptors (Lipinski definition) is 7. The summed E-state index contributed by atoms with van der Waals surface area (Å²) in [5, 5.41) is 4.14. The van der Waals surface area contributed by atoms with Crippen molar-refractivity contribution in [1.82, 2.24) is 9.80 Å². The second-order valence-corrected chi connectivity index (χ2v) is 9.69. The number of nitrogens with one attached hydrogen (secondary N) is 1. The van der Waals surface area contributed by atoms with Crippen molar-refractivity contribution in [3.63, 3.8) is 0 Å². The normalized spacial score (nSPS) is 16.8. The summed E-state index contributed by atoms with van der Waals surface area (Å²) in [6.45, 7) is 1.72. The second-order valence-electron chi connectivity index (χ2n) is 8.69. The van der Waals surface area contributed by atoms with Crippen LogP contribution in [0.4, 0.5) is 10.5 Å². The van der Waals surface area contributed by atoms with Gasteiger partial charge in [-0.1, -0.05) is 48.5 Å². The van der Waals surface area contributed by atoms with Gasteiger partial charge in [0, 0.05) is 24.2 Å². The number of fused-ring (bicyclic) bond motifs is 1. The fourth-order valence-electron chi connectivity index (χ4n) is 4.16. The lowest BCUT2D eigenvalue weighted by Crippen LogP contribution is -2.42. The zero-order valence-corrected chi connectivity index (χ0v) is 21.2. The van der Waals surface area contributed by atoms with Gasteiger partial charge in [-0.25, -0.2) is 0 Å². The molecule has 3 aromatic carbocycles. The molecule has 0 unspecified atom stereocenters. The molecular formula is C28H25N3O6S. The zero-order valence-electron chi connectivity index (χ0n) is 20.4. The molecule has 5 rings (SSSR count). The molecule has 2 aliphatic heterocycles. The molecule has 38 heavy (non-hydrogen) atoms. The number of imide groups is 1. The summed E-state index contributed by atoms with van der Waals surface area (Å²) in [5.41, 5.74) is 1.30. The van der Waals surface area contributed by atoms with Crippen LogP contribution in [0, 0.1) is 0 Å². The molecule has 9 nitrogen and oxygen atoms in total. The Morgan fingerprint density at radius 2 is 1.71 bits per heavy atom. The van der Waals surface area contributed by atoms with Gasteiger partial charge in [0.15, 0.2) is 6.61 Å². The van der Waals surface area contributed by atoms with Crippen LogP contribution in [0.5, 0.6) is 5.75 Å². The third-order valence-electron chi connectivity index (χ3n) is 6.14. The third-order valence-corrected chi connectivity index (χ3v) is 7.05. The number of rotatable bonds is 7. The molecule has 2 fully saturated rings. The van der Waals surface area contributed by atoms with E-state index in [0.29, 0.717) is 43.3 Å². The first-order valence-electron chi connectivity index (χ1n) is 12.1. The molecule has 0 bridgehead atoms. The maximum absolute atomic E-state index is 12.9. The molecule has 0 radical (unpaired) electrons. The van der Waals surface area contributed by atoms with Gasteiger partial charge in [0.1, 0.15) is 12.3 Å². The Labute approximate surface area is 223 Å². The largest absolute Gasteiger partial charge is 0.484 e. The number of nitrogens with zero attached hydrogens (tertiary/aromatic N) is 2. The van der Waals surface area contributed by atoms with Crippen LogP contribution in [0.3, 0.4) is 0 Å². The lowest BCUT2D eigenvalue weighted by atomic mass is 10.1. The SMILES string of the molecule is O=C(CN1C(=O)S/C(=C/c2ccc(OCC(=O)N3CCOCC3)cc2)C1=O)Nc1cccc2ccccc12. The first kappa shape index (κ1) is 25.5. The Morgan fingerprint density at radius 1 is 0.974 bits per heavy atom. The van der Waals surface area contributed by atoms with Gasteiger partial charge in [0.05, 0.1) is 18.1 Å². The number of carbonyl (C=O) groups is 4. The summed E-state index contributed by atoms with van der Waals surface area (Å²) in [5.74, 6) is -0.569. The average Bonchev–Trinajstić information content (AvgIpc) is 3.20. The van der Waals surface area contributed by atoms with Crippen LogP contribution < -0.4 is 10.1 Å². The molecule has 0 saturated carbocycles. The number of amides is 4. The van der Waals surface area contributed by atoms with E-state index < -0.39 is 17.1 Å². The highest BCUT2D eigenvalue weighted by Gasteiger charge is 2.36. The number of anilines is 1. The van der Waals surface area contributed by atoms with E-state index in [1.54, 1.807) is 41.3 Å². The van der Waals surface area contributed by atoms with Crippen LogP contribution >= 0.6 is 11.8 Å². The van der Waals surface area contributed by atoms with Crippen LogP contribution in [-0.4, -0.2) is 72.2 Å². The van der Waals surface area contributed by atoms with Gasteiger partial charge in [0.2, 0.25) is 5.91 Å².